The number of hydrogen-bond acceptors (Lipinski definition) is 5. The maximum absolute atomic E-state index is 5.70. The van der Waals surface area contributed by atoms with Crippen molar-refractivity contribution in [2.24, 2.45) is 0 Å². The molecule has 1 aromatic carbocycles. The molecule has 1 fully saturated rings. The van der Waals surface area contributed by atoms with Crippen LogP contribution in [0.5, 0.6) is 0 Å². The summed E-state index contributed by atoms with van der Waals surface area (Å²) in [6.45, 7) is 4.83. The molecule has 0 saturated heterocycles. The molecule has 0 aliphatic heterocycles. The lowest BCUT2D eigenvalue weighted by Gasteiger charge is -2.17. The maximum atomic E-state index is 5.70. The summed E-state index contributed by atoms with van der Waals surface area (Å²) >= 11 is 0. The van der Waals surface area contributed by atoms with Crippen molar-refractivity contribution in [1.29, 1.82) is 0 Å². The van der Waals surface area contributed by atoms with E-state index in [-0.39, 0.29) is 0 Å². The number of nitrogens with zero attached hydrogens (tertiary/aromatic N) is 3. The summed E-state index contributed by atoms with van der Waals surface area (Å²) in [4.78, 5) is 1.93. The Kier molecular flexibility index (Phi) is 3.44. The van der Waals surface area contributed by atoms with Gasteiger partial charge in [-0.15, -0.1) is 5.10 Å². The molecule has 1 N–H and O–H groups in total. The number of hydrogen-bond donors (Lipinski definition) is 1. The van der Waals surface area contributed by atoms with Gasteiger partial charge in [0.1, 0.15) is 0 Å². The van der Waals surface area contributed by atoms with Crippen molar-refractivity contribution < 1.29 is 4.42 Å². The second-order valence-corrected chi connectivity index (χ2v) is 5.48. The Labute approximate surface area is 119 Å². The lowest BCUT2D eigenvalue weighted by atomic mass is 10.1. The quantitative estimate of drug-likeness (QED) is 0.907. The molecule has 1 aliphatic carbocycles. The molecule has 0 spiro atoms. The van der Waals surface area contributed by atoms with Crippen molar-refractivity contribution in [3.8, 4) is 0 Å². The van der Waals surface area contributed by atoms with Crippen LogP contribution in [0, 0.1) is 13.8 Å². The third kappa shape index (κ3) is 2.82. The molecule has 1 aromatic heterocycles. The highest BCUT2D eigenvalue weighted by atomic mass is 16.4. The van der Waals surface area contributed by atoms with Crippen LogP contribution in [0.4, 0.5) is 11.7 Å². The minimum absolute atomic E-state index is 0.532. The first-order chi connectivity index (χ1) is 9.63. The van der Waals surface area contributed by atoms with Crippen LogP contribution >= 0.6 is 0 Å². The van der Waals surface area contributed by atoms with E-state index in [4.69, 9.17) is 4.42 Å². The van der Waals surface area contributed by atoms with Crippen molar-refractivity contribution in [2.75, 3.05) is 11.9 Å². The Balaban J connectivity index is 1.73. The van der Waals surface area contributed by atoms with Gasteiger partial charge in [0.05, 0.1) is 6.54 Å². The van der Waals surface area contributed by atoms with Gasteiger partial charge in [0.2, 0.25) is 5.89 Å². The zero-order chi connectivity index (χ0) is 14.1. The molecule has 1 heterocycles. The molecule has 106 valence electrons. The highest BCUT2D eigenvalue weighted by Gasteiger charge is 2.21. The van der Waals surface area contributed by atoms with Gasteiger partial charge < -0.3 is 9.73 Å². The Morgan fingerprint density at radius 3 is 2.80 bits per heavy atom. The van der Waals surface area contributed by atoms with Crippen molar-refractivity contribution in [2.45, 2.75) is 39.3 Å². The second-order valence-electron chi connectivity index (χ2n) is 5.48. The lowest BCUT2D eigenvalue weighted by Crippen LogP contribution is -2.15. The van der Waals surface area contributed by atoms with Crippen molar-refractivity contribution >= 4 is 11.7 Å². The third-order valence-electron chi connectivity index (χ3n) is 3.58. The second kappa shape index (κ2) is 5.25. The lowest BCUT2D eigenvalue weighted by molar-refractivity contribution is 0.471. The van der Waals surface area contributed by atoms with Crippen LogP contribution in [0.1, 0.15) is 29.9 Å². The standard InChI is InChI=1S/C15H20N4O/c1-10-4-7-13(11(2)8-10)19(3)15-18-17-14(20-15)9-16-12-5-6-12/h4,7-8,12,16H,5-6,9H2,1-3H3. The van der Waals surface area contributed by atoms with E-state index in [0.29, 0.717) is 24.5 Å². The van der Waals surface area contributed by atoms with Crippen LogP contribution in [0.3, 0.4) is 0 Å². The SMILES string of the molecule is Cc1ccc(N(C)c2nnc(CNC3CC3)o2)c(C)c1. The van der Waals surface area contributed by atoms with Gasteiger partial charge in [-0.25, -0.2) is 0 Å². The van der Waals surface area contributed by atoms with E-state index < -0.39 is 0 Å². The summed E-state index contributed by atoms with van der Waals surface area (Å²) in [7, 11) is 1.95. The van der Waals surface area contributed by atoms with Crippen LogP contribution < -0.4 is 10.2 Å². The Bertz CT molecular complexity index is 604. The first-order valence-corrected chi connectivity index (χ1v) is 7.00. The predicted molar refractivity (Wildman–Crippen MR) is 78.1 cm³/mol. The molecule has 0 amide bonds. The fraction of sp³-hybridized carbons (Fsp3) is 0.467. The zero-order valence-corrected chi connectivity index (χ0v) is 12.2. The first-order valence-electron chi connectivity index (χ1n) is 7.00. The fourth-order valence-corrected chi connectivity index (χ4v) is 2.26. The minimum atomic E-state index is 0.532. The Morgan fingerprint density at radius 2 is 2.10 bits per heavy atom. The van der Waals surface area contributed by atoms with Crippen molar-refractivity contribution in [3.63, 3.8) is 0 Å². The van der Waals surface area contributed by atoms with E-state index in [9.17, 15) is 0 Å². The largest absolute Gasteiger partial charge is 0.406 e. The summed E-state index contributed by atoms with van der Waals surface area (Å²) in [6.07, 6.45) is 2.51. The monoisotopic (exact) mass is 272 g/mol. The van der Waals surface area contributed by atoms with Gasteiger partial charge in [0, 0.05) is 18.8 Å². The van der Waals surface area contributed by atoms with Crippen molar-refractivity contribution in [1.82, 2.24) is 15.5 Å². The smallest absolute Gasteiger partial charge is 0.322 e. The van der Waals surface area contributed by atoms with E-state index >= 15 is 0 Å². The van der Waals surface area contributed by atoms with Gasteiger partial charge in [-0.1, -0.05) is 22.8 Å². The molecular weight excluding hydrogens is 252 g/mol. The molecule has 2 aromatic rings. The number of rotatable bonds is 5. The summed E-state index contributed by atoms with van der Waals surface area (Å²) in [5.41, 5.74) is 3.53. The molecule has 20 heavy (non-hydrogen) atoms. The molecule has 1 saturated carbocycles. The molecule has 5 nitrogen and oxygen atoms in total. The van der Waals surface area contributed by atoms with Crippen LogP contribution in [-0.2, 0) is 6.54 Å². The molecule has 1 aliphatic rings. The molecule has 0 radical (unpaired) electrons. The molecule has 0 bridgehead atoms. The average molecular weight is 272 g/mol. The number of anilines is 2. The molecule has 0 unspecified atom stereocenters. The van der Waals surface area contributed by atoms with E-state index in [1.165, 1.54) is 24.0 Å². The van der Waals surface area contributed by atoms with Gasteiger partial charge in [-0.05, 0) is 38.3 Å². The summed E-state index contributed by atoms with van der Waals surface area (Å²) in [5, 5.41) is 11.6. The van der Waals surface area contributed by atoms with Gasteiger partial charge in [-0.2, -0.15) is 0 Å². The van der Waals surface area contributed by atoms with E-state index in [0.717, 1.165) is 5.69 Å². The molecular formula is C15H20N4O. The molecule has 0 atom stereocenters. The topological polar surface area (TPSA) is 54.2 Å². The fourth-order valence-electron chi connectivity index (χ4n) is 2.26. The number of aryl methyl sites for hydroxylation is 2. The zero-order valence-electron chi connectivity index (χ0n) is 12.2. The van der Waals surface area contributed by atoms with Gasteiger partial charge in [0.15, 0.2) is 0 Å². The molecule has 5 heteroatoms. The third-order valence-corrected chi connectivity index (χ3v) is 3.58. The van der Waals surface area contributed by atoms with E-state index in [2.05, 4.69) is 47.6 Å². The summed E-state index contributed by atoms with van der Waals surface area (Å²) in [6, 6.07) is 7.49. The molecule has 3 rings (SSSR count). The highest BCUT2D eigenvalue weighted by molar-refractivity contribution is 5.60. The van der Waals surface area contributed by atoms with Gasteiger partial charge >= 0.3 is 6.01 Å². The first kappa shape index (κ1) is 13.1. The highest BCUT2D eigenvalue weighted by Crippen LogP contribution is 2.26. The van der Waals surface area contributed by atoms with Crippen LogP contribution in [0.15, 0.2) is 22.6 Å². The van der Waals surface area contributed by atoms with Crippen LogP contribution in [0.25, 0.3) is 0 Å². The minimum Gasteiger partial charge on any atom is -0.406 e. The summed E-state index contributed by atoms with van der Waals surface area (Å²) < 4.78 is 5.70. The van der Waals surface area contributed by atoms with Gasteiger partial charge in [0.25, 0.3) is 0 Å². The normalized spacial score (nSPS) is 14.6. The Morgan fingerprint density at radius 1 is 1.30 bits per heavy atom. The number of benzene rings is 1. The summed E-state index contributed by atoms with van der Waals surface area (Å²) in [5.74, 6) is 0.642. The van der Waals surface area contributed by atoms with E-state index in [1.54, 1.807) is 0 Å². The van der Waals surface area contributed by atoms with Gasteiger partial charge in [-0.3, -0.25) is 4.90 Å². The Hall–Kier alpha value is -1.88. The number of aromatic nitrogens is 2. The van der Waals surface area contributed by atoms with Crippen LogP contribution in [0.2, 0.25) is 0 Å². The van der Waals surface area contributed by atoms with Crippen molar-refractivity contribution in [3.05, 3.63) is 35.2 Å². The van der Waals surface area contributed by atoms with E-state index in [1.807, 2.05) is 11.9 Å². The van der Waals surface area contributed by atoms with Crippen LogP contribution in [-0.4, -0.2) is 23.3 Å². The average Bonchev–Trinajstić information content (AvgIpc) is 3.13. The maximum Gasteiger partial charge on any atom is 0.322 e. The predicted octanol–water partition coefficient (Wildman–Crippen LogP) is 2.71. The number of nitrogens with one attached hydrogen (secondary N) is 1.